The van der Waals surface area contributed by atoms with Gasteiger partial charge in [0.1, 0.15) is 17.3 Å². The number of halogens is 5. The molecule has 94 valence electrons. The molecule has 0 saturated heterocycles. The highest BCUT2D eigenvalue weighted by Crippen LogP contribution is 2.31. The monoisotopic (exact) mass is 259 g/mol. The Labute approximate surface area is 98.9 Å². The second-order valence-electron chi connectivity index (χ2n) is 3.53. The number of alkyl halides is 3. The smallest absolute Gasteiger partial charge is 0.252 e. The van der Waals surface area contributed by atoms with E-state index in [1.54, 1.807) is 0 Å². The highest BCUT2D eigenvalue weighted by molar-refractivity contribution is 5.60. The molecule has 0 spiro atoms. The SMILES string of the molecule is Fc1ccccc1-c1ncc(C(F)(F)F)cc1F. The van der Waals surface area contributed by atoms with Crippen LogP contribution in [-0.2, 0) is 6.18 Å². The Kier molecular flexibility index (Phi) is 3.02. The fourth-order valence-electron chi connectivity index (χ4n) is 1.44. The van der Waals surface area contributed by atoms with Crippen LogP contribution in [0.5, 0.6) is 0 Å². The van der Waals surface area contributed by atoms with E-state index in [0.717, 1.165) is 6.07 Å². The molecule has 1 aromatic carbocycles. The first-order valence-electron chi connectivity index (χ1n) is 4.87. The predicted octanol–water partition coefficient (Wildman–Crippen LogP) is 4.05. The fourth-order valence-corrected chi connectivity index (χ4v) is 1.44. The van der Waals surface area contributed by atoms with Gasteiger partial charge in [-0.25, -0.2) is 8.78 Å². The Morgan fingerprint density at radius 3 is 2.17 bits per heavy atom. The third-order valence-electron chi connectivity index (χ3n) is 2.30. The topological polar surface area (TPSA) is 12.9 Å². The van der Waals surface area contributed by atoms with Gasteiger partial charge in [0.15, 0.2) is 0 Å². The van der Waals surface area contributed by atoms with E-state index in [1.165, 1.54) is 18.2 Å². The molecule has 0 N–H and O–H groups in total. The van der Waals surface area contributed by atoms with Crippen LogP contribution in [0.4, 0.5) is 22.0 Å². The standard InChI is InChI=1S/C12H6F5N/c13-9-4-2-1-3-8(9)11-10(14)5-7(6-18-11)12(15,16)17/h1-6H. The summed E-state index contributed by atoms with van der Waals surface area (Å²) in [5.74, 6) is -1.96. The lowest BCUT2D eigenvalue weighted by atomic mass is 10.1. The van der Waals surface area contributed by atoms with Gasteiger partial charge >= 0.3 is 6.18 Å². The molecule has 0 atom stereocenters. The number of pyridine rings is 1. The Bertz CT molecular complexity index is 577. The summed E-state index contributed by atoms with van der Waals surface area (Å²) in [6.45, 7) is 0. The van der Waals surface area contributed by atoms with Gasteiger partial charge in [-0.1, -0.05) is 12.1 Å². The van der Waals surface area contributed by atoms with Crippen LogP contribution in [0.25, 0.3) is 11.3 Å². The van der Waals surface area contributed by atoms with Crippen LogP contribution in [0.3, 0.4) is 0 Å². The highest BCUT2D eigenvalue weighted by Gasteiger charge is 2.32. The van der Waals surface area contributed by atoms with Gasteiger partial charge in [-0.05, 0) is 18.2 Å². The van der Waals surface area contributed by atoms with Gasteiger partial charge in [0.05, 0.1) is 5.56 Å². The Hall–Kier alpha value is -1.98. The maximum absolute atomic E-state index is 13.5. The van der Waals surface area contributed by atoms with Crippen LogP contribution < -0.4 is 0 Å². The van der Waals surface area contributed by atoms with E-state index in [2.05, 4.69) is 4.98 Å². The molecule has 0 amide bonds. The Balaban J connectivity index is 2.52. The average molecular weight is 259 g/mol. The number of hydrogen-bond acceptors (Lipinski definition) is 1. The molecular weight excluding hydrogens is 253 g/mol. The number of nitrogens with zero attached hydrogens (tertiary/aromatic N) is 1. The summed E-state index contributed by atoms with van der Waals surface area (Å²) in [6.07, 6.45) is -4.20. The highest BCUT2D eigenvalue weighted by atomic mass is 19.4. The molecular formula is C12H6F5N. The molecule has 2 aromatic rings. The summed E-state index contributed by atoms with van der Waals surface area (Å²) < 4.78 is 63.8. The van der Waals surface area contributed by atoms with Crippen molar-refractivity contribution in [1.82, 2.24) is 4.98 Å². The molecule has 0 radical (unpaired) electrons. The van der Waals surface area contributed by atoms with Crippen LogP contribution in [0.2, 0.25) is 0 Å². The van der Waals surface area contributed by atoms with Crippen molar-refractivity contribution in [3.63, 3.8) is 0 Å². The minimum Gasteiger partial charge on any atom is -0.252 e. The van der Waals surface area contributed by atoms with E-state index in [-0.39, 0.29) is 5.56 Å². The summed E-state index contributed by atoms with van der Waals surface area (Å²) in [7, 11) is 0. The quantitative estimate of drug-likeness (QED) is 0.704. The lowest BCUT2D eigenvalue weighted by Gasteiger charge is -2.08. The number of rotatable bonds is 1. The van der Waals surface area contributed by atoms with Crippen LogP contribution in [0.15, 0.2) is 36.5 Å². The number of aromatic nitrogens is 1. The third-order valence-corrected chi connectivity index (χ3v) is 2.30. The van der Waals surface area contributed by atoms with Crippen molar-refractivity contribution in [2.24, 2.45) is 0 Å². The molecule has 1 nitrogen and oxygen atoms in total. The first kappa shape index (κ1) is 12.5. The summed E-state index contributed by atoms with van der Waals surface area (Å²) in [5, 5.41) is 0. The molecule has 1 aromatic heterocycles. The molecule has 18 heavy (non-hydrogen) atoms. The minimum absolute atomic E-state index is 0.177. The first-order chi connectivity index (χ1) is 8.39. The van der Waals surface area contributed by atoms with Crippen molar-refractivity contribution in [3.8, 4) is 11.3 Å². The zero-order chi connectivity index (χ0) is 13.3. The molecule has 1 heterocycles. The van der Waals surface area contributed by atoms with Crippen molar-refractivity contribution in [1.29, 1.82) is 0 Å². The van der Waals surface area contributed by atoms with Gasteiger partial charge in [-0.15, -0.1) is 0 Å². The second kappa shape index (κ2) is 4.36. The lowest BCUT2D eigenvalue weighted by Crippen LogP contribution is -2.07. The van der Waals surface area contributed by atoms with E-state index in [1.807, 2.05) is 0 Å². The van der Waals surface area contributed by atoms with Crippen LogP contribution in [0, 0.1) is 11.6 Å². The van der Waals surface area contributed by atoms with Gasteiger partial charge in [-0.2, -0.15) is 13.2 Å². The molecule has 0 saturated carbocycles. The molecule has 2 rings (SSSR count). The number of hydrogen-bond donors (Lipinski definition) is 0. The molecule has 0 aliphatic heterocycles. The van der Waals surface area contributed by atoms with E-state index in [0.29, 0.717) is 12.3 Å². The molecule has 0 bridgehead atoms. The van der Waals surface area contributed by atoms with Gasteiger partial charge in [0, 0.05) is 11.8 Å². The molecule has 0 unspecified atom stereocenters. The van der Waals surface area contributed by atoms with Crippen molar-refractivity contribution in [2.75, 3.05) is 0 Å². The average Bonchev–Trinajstić information content (AvgIpc) is 2.29. The predicted molar refractivity (Wildman–Crippen MR) is 54.6 cm³/mol. The molecule has 6 heteroatoms. The van der Waals surface area contributed by atoms with Gasteiger partial charge < -0.3 is 0 Å². The largest absolute Gasteiger partial charge is 0.417 e. The van der Waals surface area contributed by atoms with E-state index < -0.39 is 29.1 Å². The van der Waals surface area contributed by atoms with E-state index in [9.17, 15) is 22.0 Å². The van der Waals surface area contributed by atoms with Crippen molar-refractivity contribution in [3.05, 3.63) is 53.7 Å². The Morgan fingerprint density at radius 1 is 0.944 bits per heavy atom. The normalized spacial score (nSPS) is 11.6. The zero-order valence-corrected chi connectivity index (χ0v) is 8.80. The van der Waals surface area contributed by atoms with Gasteiger partial charge in [0.25, 0.3) is 0 Å². The third kappa shape index (κ3) is 2.32. The maximum Gasteiger partial charge on any atom is 0.417 e. The Morgan fingerprint density at radius 2 is 1.61 bits per heavy atom. The minimum atomic E-state index is -4.68. The van der Waals surface area contributed by atoms with E-state index in [4.69, 9.17) is 0 Å². The summed E-state index contributed by atoms with van der Waals surface area (Å²) in [5.41, 5.74) is -1.83. The fraction of sp³-hybridized carbons (Fsp3) is 0.0833. The van der Waals surface area contributed by atoms with Crippen molar-refractivity contribution >= 4 is 0 Å². The lowest BCUT2D eigenvalue weighted by molar-refractivity contribution is -0.138. The maximum atomic E-state index is 13.5. The molecule has 0 fully saturated rings. The first-order valence-corrected chi connectivity index (χ1v) is 4.87. The van der Waals surface area contributed by atoms with E-state index >= 15 is 0 Å². The van der Waals surface area contributed by atoms with Crippen LogP contribution in [-0.4, -0.2) is 4.98 Å². The summed E-state index contributed by atoms with van der Waals surface area (Å²) in [4.78, 5) is 3.34. The number of benzene rings is 1. The van der Waals surface area contributed by atoms with Gasteiger partial charge in [0.2, 0.25) is 0 Å². The van der Waals surface area contributed by atoms with Crippen LogP contribution in [0.1, 0.15) is 5.56 Å². The second-order valence-corrected chi connectivity index (χ2v) is 3.53. The summed E-state index contributed by atoms with van der Waals surface area (Å²) in [6, 6.07) is 5.45. The summed E-state index contributed by atoms with van der Waals surface area (Å²) >= 11 is 0. The van der Waals surface area contributed by atoms with Gasteiger partial charge in [-0.3, -0.25) is 4.98 Å². The van der Waals surface area contributed by atoms with Crippen molar-refractivity contribution < 1.29 is 22.0 Å². The van der Waals surface area contributed by atoms with Crippen molar-refractivity contribution in [2.45, 2.75) is 6.18 Å². The molecule has 0 aliphatic carbocycles. The van der Waals surface area contributed by atoms with Crippen LogP contribution >= 0.6 is 0 Å². The zero-order valence-electron chi connectivity index (χ0n) is 8.80. The molecule has 0 aliphatic rings.